The van der Waals surface area contributed by atoms with Gasteiger partial charge in [0.1, 0.15) is 12.1 Å². The van der Waals surface area contributed by atoms with Crippen molar-refractivity contribution < 1.29 is 63.3 Å². The lowest BCUT2D eigenvalue weighted by molar-refractivity contribution is -0.132. The number of hydrogen-bond donors (Lipinski definition) is 7. The Labute approximate surface area is 292 Å². The molecule has 25 heteroatoms. The summed E-state index contributed by atoms with van der Waals surface area (Å²) in [5.41, 5.74) is 9.28. The molecule has 7 N–H and O–H groups in total. The highest BCUT2D eigenvalue weighted by molar-refractivity contribution is 7.81. The number of hydroxylamine groups is 4. The fourth-order valence-electron chi connectivity index (χ4n) is 6.65. The summed E-state index contributed by atoms with van der Waals surface area (Å²) in [6.45, 7) is 1.06. The van der Waals surface area contributed by atoms with Crippen LogP contribution in [0.15, 0.2) is 0 Å². The number of hydrazine groups is 2. The lowest BCUT2D eigenvalue weighted by Gasteiger charge is -2.29. The van der Waals surface area contributed by atoms with Gasteiger partial charge in [0.15, 0.2) is 0 Å². The Bertz CT molecular complexity index is 1600. The van der Waals surface area contributed by atoms with E-state index in [4.69, 9.17) is 9.11 Å². The minimum absolute atomic E-state index is 0.0809. The SMILES string of the molecule is O=C(CC1CC1)NNC(=O)[C@@H]1CC[C@@H]2CN1C(=O)N2OS(=O)(=O)O.O=C(CC1CCCCN1)NNC(=O)[C@@H]1CC[C@@H]2CN1C(=O)N2OS(=O)(=O)O. The summed E-state index contributed by atoms with van der Waals surface area (Å²) < 4.78 is 69.4. The monoisotopic (exact) mass is 767 g/mol. The average molecular weight is 768 g/mol. The molecule has 0 aromatic rings. The lowest BCUT2D eigenvalue weighted by Crippen LogP contribution is -2.54. The number of nitrogens with one attached hydrogen (secondary N) is 5. The van der Waals surface area contributed by atoms with Gasteiger partial charge in [0.2, 0.25) is 11.8 Å². The zero-order valence-corrected chi connectivity index (χ0v) is 28.9. The number of nitrogens with zero attached hydrogens (tertiary/aromatic N) is 4. The molecule has 5 heterocycles. The summed E-state index contributed by atoms with van der Waals surface area (Å²) in [7, 11) is -9.66. The Hall–Kier alpha value is -3.88. The number of carbonyl (C=O) groups excluding carboxylic acids is 6. The molecule has 0 radical (unpaired) electrons. The van der Waals surface area contributed by atoms with Gasteiger partial charge in [-0.2, -0.15) is 27.0 Å². The number of urea groups is 2. The first-order valence-corrected chi connectivity index (χ1v) is 19.2. The van der Waals surface area contributed by atoms with E-state index in [0.29, 0.717) is 35.3 Å². The summed E-state index contributed by atoms with van der Waals surface area (Å²) in [4.78, 5) is 74.8. The quantitative estimate of drug-likeness (QED) is 0.0901. The standard InChI is InChI=1S/C14H23N5O7S.C12H18N4O7S/c20-12(7-9-3-1-2-6-15-9)16-17-13(21)11-5-4-10-8-18(11)14(22)19(10)26-27(23,24)25;17-10(5-7-1-2-7)13-14-11(18)9-4-3-8-6-15(9)12(19)16(8)23-24(20,21)22/h9-11,15H,1-8H2,(H,16,20)(H,17,21)(H,23,24,25);7-9H,1-6H2,(H,13,17)(H,14,18)(H,20,21,22)/t9?,10-,11+;8-,9+/m11/s1. The smallest absolute Gasteiger partial charge is 0.313 e. The number of rotatable bonds is 10. The third-order valence-electron chi connectivity index (χ3n) is 9.27. The van der Waals surface area contributed by atoms with Crippen molar-refractivity contribution in [1.82, 2.24) is 46.9 Å². The minimum Gasteiger partial charge on any atom is -0.313 e. The van der Waals surface area contributed by atoms with E-state index < -0.39 is 68.8 Å². The molecule has 51 heavy (non-hydrogen) atoms. The van der Waals surface area contributed by atoms with Crippen molar-refractivity contribution in [2.45, 2.75) is 101 Å². The van der Waals surface area contributed by atoms with Crippen molar-refractivity contribution in [3.05, 3.63) is 0 Å². The summed E-state index contributed by atoms with van der Waals surface area (Å²) >= 11 is 0. The van der Waals surface area contributed by atoms with E-state index in [1.54, 1.807) is 0 Å². The highest BCUT2D eigenvalue weighted by Crippen LogP contribution is 2.33. The van der Waals surface area contributed by atoms with E-state index >= 15 is 0 Å². The minimum atomic E-state index is -4.84. The average Bonchev–Trinajstić information content (AvgIpc) is 3.82. The Morgan fingerprint density at radius 1 is 0.667 bits per heavy atom. The predicted molar refractivity (Wildman–Crippen MR) is 167 cm³/mol. The third kappa shape index (κ3) is 10.4. The Morgan fingerprint density at radius 2 is 1.14 bits per heavy atom. The predicted octanol–water partition coefficient (Wildman–Crippen LogP) is -2.39. The number of amides is 8. The molecule has 0 aromatic heterocycles. The molecule has 0 aromatic carbocycles. The van der Waals surface area contributed by atoms with Crippen molar-refractivity contribution in [3.8, 4) is 0 Å². The molecule has 8 amide bonds. The summed E-state index contributed by atoms with van der Waals surface area (Å²) in [5, 5.41) is 4.37. The molecule has 286 valence electrons. The van der Waals surface area contributed by atoms with Gasteiger partial charge < -0.3 is 15.1 Å². The molecule has 4 bridgehead atoms. The van der Waals surface area contributed by atoms with E-state index in [1.165, 1.54) is 0 Å². The molecule has 1 saturated carbocycles. The maximum atomic E-state index is 12.4. The van der Waals surface area contributed by atoms with Crippen LogP contribution >= 0.6 is 0 Å². The molecular weight excluding hydrogens is 726 g/mol. The van der Waals surface area contributed by atoms with Gasteiger partial charge >= 0.3 is 32.9 Å². The second kappa shape index (κ2) is 15.8. The Morgan fingerprint density at radius 3 is 1.55 bits per heavy atom. The van der Waals surface area contributed by atoms with Crippen LogP contribution in [-0.2, 0) is 48.5 Å². The van der Waals surface area contributed by atoms with Gasteiger partial charge in [-0.1, -0.05) is 6.42 Å². The van der Waals surface area contributed by atoms with Gasteiger partial charge in [0.05, 0.1) is 12.1 Å². The highest BCUT2D eigenvalue weighted by Gasteiger charge is 2.50. The van der Waals surface area contributed by atoms with Crippen LogP contribution < -0.4 is 27.0 Å². The van der Waals surface area contributed by atoms with E-state index in [9.17, 15) is 45.6 Å². The first-order chi connectivity index (χ1) is 24.0. The fraction of sp³-hybridized carbons (Fsp3) is 0.769. The van der Waals surface area contributed by atoms with Gasteiger partial charge in [-0.05, 0) is 63.8 Å². The highest BCUT2D eigenvalue weighted by atomic mass is 32.3. The largest absolute Gasteiger partial charge is 0.418 e. The van der Waals surface area contributed by atoms with Crippen LogP contribution in [0, 0.1) is 5.92 Å². The Balaban J connectivity index is 0.000000199. The van der Waals surface area contributed by atoms with Crippen LogP contribution in [0.4, 0.5) is 9.59 Å². The van der Waals surface area contributed by atoms with Crippen molar-refractivity contribution in [2.75, 3.05) is 19.6 Å². The zero-order valence-electron chi connectivity index (χ0n) is 27.3. The molecule has 1 unspecified atom stereocenters. The Kier molecular flexibility index (Phi) is 11.9. The molecule has 0 spiro atoms. The van der Waals surface area contributed by atoms with E-state index in [1.807, 2.05) is 0 Å². The molecule has 23 nitrogen and oxygen atoms in total. The summed E-state index contributed by atoms with van der Waals surface area (Å²) in [5.74, 6) is -1.37. The van der Waals surface area contributed by atoms with Crippen molar-refractivity contribution in [3.63, 3.8) is 0 Å². The zero-order chi connectivity index (χ0) is 37.1. The molecule has 1 aliphatic carbocycles. The van der Waals surface area contributed by atoms with E-state index in [2.05, 4.69) is 35.6 Å². The van der Waals surface area contributed by atoms with Gasteiger partial charge in [-0.3, -0.25) is 50.0 Å². The first kappa shape index (κ1) is 38.4. The first-order valence-electron chi connectivity index (χ1n) is 16.4. The topological polar surface area (TPSA) is 303 Å². The number of piperidine rings is 3. The molecule has 5 saturated heterocycles. The number of carbonyl (C=O) groups is 6. The number of hydrogen-bond acceptors (Lipinski definition) is 13. The van der Waals surface area contributed by atoms with E-state index in [-0.39, 0.29) is 50.2 Å². The number of fused-ring (bicyclic) bond motifs is 4. The molecule has 6 fully saturated rings. The van der Waals surface area contributed by atoms with Gasteiger partial charge in [0, 0.05) is 32.0 Å². The normalized spacial score (nSPS) is 27.4. The van der Waals surface area contributed by atoms with Gasteiger partial charge in [-0.25, -0.2) is 9.59 Å². The lowest BCUT2D eigenvalue weighted by atomic mass is 10.0. The maximum absolute atomic E-state index is 12.4. The van der Waals surface area contributed by atoms with Gasteiger partial charge in [0.25, 0.3) is 11.8 Å². The molecule has 6 rings (SSSR count). The summed E-state index contributed by atoms with van der Waals surface area (Å²) in [6.07, 6.45) is 6.85. The molecular formula is C26H41N9O14S2. The van der Waals surface area contributed by atoms with Crippen LogP contribution in [0.1, 0.15) is 70.6 Å². The van der Waals surface area contributed by atoms with Crippen LogP contribution in [-0.4, -0.2) is 131 Å². The summed E-state index contributed by atoms with van der Waals surface area (Å²) in [6, 6.07) is -4.41. The third-order valence-corrected chi connectivity index (χ3v) is 9.96. The van der Waals surface area contributed by atoms with Crippen LogP contribution in [0.5, 0.6) is 0 Å². The fourth-order valence-corrected chi connectivity index (χ4v) is 7.42. The molecule has 5 atom stereocenters. The van der Waals surface area contributed by atoms with Gasteiger partial charge in [-0.15, -0.1) is 8.57 Å². The van der Waals surface area contributed by atoms with E-state index in [0.717, 1.165) is 48.4 Å². The van der Waals surface area contributed by atoms with Crippen molar-refractivity contribution in [1.29, 1.82) is 0 Å². The second-order valence-electron chi connectivity index (χ2n) is 13.1. The molecule has 6 aliphatic rings. The van der Waals surface area contributed by atoms with Crippen LogP contribution in [0.2, 0.25) is 0 Å². The van der Waals surface area contributed by atoms with Crippen LogP contribution in [0.3, 0.4) is 0 Å². The van der Waals surface area contributed by atoms with Crippen molar-refractivity contribution >= 4 is 56.5 Å². The molecule has 5 aliphatic heterocycles. The maximum Gasteiger partial charge on any atom is 0.418 e. The van der Waals surface area contributed by atoms with Crippen molar-refractivity contribution in [2.24, 2.45) is 5.92 Å². The van der Waals surface area contributed by atoms with Crippen LogP contribution in [0.25, 0.3) is 0 Å². The second-order valence-corrected chi connectivity index (χ2v) is 15.1.